The van der Waals surface area contributed by atoms with Gasteiger partial charge in [0.25, 0.3) is 0 Å². The molecule has 0 saturated carbocycles. The fraction of sp³-hybridized carbons (Fsp3) is 0.900. The fourth-order valence-corrected chi connectivity index (χ4v) is 2.88. The van der Waals surface area contributed by atoms with Crippen molar-refractivity contribution in [2.75, 3.05) is 6.54 Å². The van der Waals surface area contributed by atoms with E-state index in [1.165, 1.54) is 89.9 Å². The minimum absolute atomic E-state index is 0. The van der Waals surface area contributed by atoms with Crippen LogP contribution in [0.2, 0.25) is 0 Å². The monoisotopic (exact) mass is 333 g/mol. The molecule has 0 rings (SSSR count). The fourth-order valence-electron chi connectivity index (χ4n) is 2.88. The van der Waals surface area contributed by atoms with Gasteiger partial charge in [0.15, 0.2) is 0 Å². The quantitative estimate of drug-likeness (QED) is 0.247. The Labute approximate surface area is 168 Å². The Morgan fingerprint density at radius 2 is 1.04 bits per heavy atom. The Balaban J connectivity index is 0. The van der Waals surface area contributed by atoms with Crippen molar-refractivity contribution in [1.29, 1.82) is 0 Å². The van der Waals surface area contributed by atoms with Gasteiger partial charge in [0, 0.05) is 6.42 Å². The van der Waals surface area contributed by atoms with Gasteiger partial charge in [-0.1, -0.05) is 96.8 Å². The zero-order chi connectivity index (χ0) is 16.3. The van der Waals surface area contributed by atoms with E-state index in [4.69, 9.17) is 0 Å². The van der Waals surface area contributed by atoms with Crippen LogP contribution in [-0.2, 0) is 4.79 Å². The van der Waals surface area contributed by atoms with Crippen molar-refractivity contribution < 1.29 is 34.4 Å². The zero-order valence-electron chi connectivity index (χ0n) is 16.1. The molecule has 0 saturated heterocycles. The van der Waals surface area contributed by atoms with Crippen LogP contribution in [0.25, 0.3) is 0 Å². The molecule has 0 spiro atoms. The number of rotatable bonds is 17. The van der Waals surface area contributed by atoms with E-state index >= 15 is 0 Å². The molecule has 0 radical (unpaired) electrons. The molecule has 0 aliphatic rings. The summed E-state index contributed by atoms with van der Waals surface area (Å²) in [6, 6.07) is 0. The summed E-state index contributed by atoms with van der Waals surface area (Å²) >= 11 is 0. The van der Waals surface area contributed by atoms with Gasteiger partial charge in [-0.15, -0.1) is 6.54 Å². The van der Waals surface area contributed by atoms with Crippen LogP contribution in [0, 0.1) is 6.92 Å². The van der Waals surface area contributed by atoms with Crippen LogP contribution in [0.4, 0.5) is 0 Å². The molecule has 0 aliphatic carbocycles. The average molecular weight is 334 g/mol. The molecule has 0 unspecified atom stereocenters. The van der Waals surface area contributed by atoms with Gasteiger partial charge < -0.3 is 12.2 Å². The standard InChI is InChI=1S/C20H40NO.Na/c1-3-5-6-7-8-9-10-11-12-13-14-15-16-17-18-19-20(22)21-4-2;/h2-19H2,1H3,(H,21,22);/q-1;+1. The summed E-state index contributed by atoms with van der Waals surface area (Å²) < 4.78 is 0. The van der Waals surface area contributed by atoms with Crippen molar-refractivity contribution in [1.82, 2.24) is 5.32 Å². The van der Waals surface area contributed by atoms with Crippen molar-refractivity contribution in [2.45, 2.75) is 110 Å². The zero-order valence-corrected chi connectivity index (χ0v) is 18.1. The smallest absolute Gasteiger partial charge is 0.386 e. The predicted octanol–water partition coefficient (Wildman–Crippen LogP) is 3.20. The van der Waals surface area contributed by atoms with Gasteiger partial charge in [0.2, 0.25) is 5.91 Å². The van der Waals surface area contributed by atoms with Crippen molar-refractivity contribution in [3.05, 3.63) is 6.92 Å². The molecule has 0 heterocycles. The summed E-state index contributed by atoms with van der Waals surface area (Å²) in [5.74, 6) is 0.157. The molecule has 132 valence electrons. The average Bonchev–Trinajstić information content (AvgIpc) is 2.51. The Bertz CT molecular complexity index is 234. The normalized spacial score (nSPS) is 10.3. The largest absolute Gasteiger partial charge is 1.00 e. The Morgan fingerprint density at radius 1 is 0.696 bits per heavy atom. The number of hydrogen-bond acceptors (Lipinski definition) is 1. The van der Waals surface area contributed by atoms with Gasteiger partial charge in [-0.25, -0.2) is 0 Å². The first-order chi connectivity index (χ1) is 10.8. The summed E-state index contributed by atoms with van der Waals surface area (Å²) in [4.78, 5) is 11.2. The van der Waals surface area contributed by atoms with Gasteiger partial charge in [-0.2, -0.15) is 0 Å². The van der Waals surface area contributed by atoms with E-state index < -0.39 is 0 Å². The van der Waals surface area contributed by atoms with E-state index in [9.17, 15) is 4.79 Å². The Kier molecular flexibility index (Phi) is 25.1. The number of carbonyl (C=O) groups excluding carboxylic acids is 1. The first kappa shape index (κ1) is 25.7. The molecule has 0 bridgehead atoms. The third-order valence-corrected chi connectivity index (χ3v) is 4.33. The third kappa shape index (κ3) is 22.5. The van der Waals surface area contributed by atoms with Gasteiger partial charge in [-0.05, 0) is 6.42 Å². The van der Waals surface area contributed by atoms with Gasteiger partial charge in [0.1, 0.15) is 0 Å². The first-order valence-corrected chi connectivity index (χ1v) is 9.87. The molecule has 0 aromatic carbocycles. The topological polar surface area (TPSA) is 29.1 Å². The number of unbranched alkanes of at least 4 members (excludes halogenated alkanes) is 14. The second kappa shape index (κ2) is 22.5. The third-order valence-electron chi connectivity index (χ3n) is 4.33. The predicted molar refractivity (Wildman–Crippen MR) is 97.9 cm³/mol. The van der Waals surface area contributed by atoms with E-state index in [-0.39, 0.29) is 35.5 Å². The molecule has 0 fully saturated rings. The van der Waals surface area contributed by atoms with Crippen LogP contribution in [0.3, 0.4) is 0 Å². The van der Waals surface area contributed by atoms with E-state index in [0.29, 0.717) is 13.0 Å². The van der Waals surface area contributed by atoms with Crippen molar-refractivity contribution >= 4 is 5.91 Å². The molecule has 0 aliphatic heterocycles. The van der Waals surface area contributed by atoms with E-state index in [2.05, 4.69) is 19.2 Å². The number of nitrogens with one attached hydrogen (secondary N) is 1. The molecule has 1 N–H and O–H groups in total. The molecule has 3 heteroatoms. The minimum atomic E-state index is 0. The maximum Gasteiger partial charge on any atom is 1.00 e. The molecule has 0 atom stereocenters. The van der Waals surface area contributed by atoms with Crippen LogP contribution in [0.15, 0.2) is 0 Å². The van der Waals surface area contributed by atoms with Gasteiger partial charge in [-0.3, -0.25) is 4.79 Å². The summed E-state index contributed by atoms with van der Waals surface area (Å²) in [7, 11) is 0. The summed E-state index contributed by atoms with van der Waals surface area (Å²) in [6.45, 7) is 6.41. The van der Waals surface area contributed by atoms with Crippen LogP contribution in [0.5, 0.6) is 0 Å². The minimum Gasteiger partial charge on any atom is -0.386 e. The van der Waals surface area contributed by atoms with Gasteiger partial charge in [0.05, 0.1) is 0 Å². The van der Waals surface area contributed by atoms with Crippen molar-refractivity contribution in [3.63, 3.8) is 0 Å². The maximum absolute atomic E-state index is 11.2. The van der Waals surface area contributed by atoms with E-state index in [1.807, 2.05) is 0 Å². The van der Waals surface area contributed by atoms with Crippen LogP contribution in [0.1, 0.15) is 110 Å². The van der Waals surface area contributed by atoms with Gasteiger partial charge >= 0.3 is 29.6 Å². The second-order valence-corrected chi connectivity index (χ2v) is 6.55. The van der Waals surface area contributed by atoms with Crippen LogP contribution < -0.4 is 34.9 Å². The van der Waals surface area contributed by atoms with Crippen molar-refractivity contribution in [2.24, 2.45) is 0 Å². The Morgan fingerprint density at radius 3 is 1.39 bits per heavy atom. The first-order valence-electron chi connectivity index (χ1n) is 9.87. The summed E-state index contributed by atoms with van der Waals surface area (Å²) in [5, 5.41) is 2.75. The SMILES string of the molecule is [CH2-]CNC(=O)CCCCCCCCCCCCCCCCC.[Na+]. The van der Waals surface area contributed by atoms with Crippen LogP contribution >= 0.6 is 0 Å². The van der Waals surface area contributed by atoms with E-state index in [1.54, 1.807) is 0 Å². The molecule has 1 amide bonds. The molecule has 2 nitrogen and oxygen atoms in total. The summed E-state index contributed by atoms with van der Waals surface area (Å²) in [5.41, 5.74) is 0. The molecular weight excluding hydrogens is 293 g/mol. The molecule has 0 aromatic rings. The molecule has 23 heavy (non-hydrogen) atoms. The second-order valence-electron chi connectivity index (χ2n) is 6.55. The molecular formula is C20H40NNaO. The van der Waals surface area contributed by atoms with Crippen LogP contribution in [-0.4, -0.2) is 12.5 Å². The molecule has 0 aromatic heterocycles. The number of carbonyl (C=O) groups is 1. The number of amides is 1. The Hall–Kier alpha value is 0.470. The summed E-state index contributed by atoms with van der Waals surface area (Å²) in [6.07, 6.45) is 21.1. The number of hydrogen-bond donors (Lipinski definition) is 1. The van der Waals surface area contributed by atoms with Crippen molar-refractivity contribution in [3.8, 4) is 0 Å². The maximum atomic E-state index is 11.2. The van der Waals surface area contributed by atoms with E-state index in [0.717, 1.165) is 6.42 Å².